The lowest BCUT2D eigenvalue weighted by molar-refractivity contribution is -0.112. The minimum atomic E-state index is -0.757. The van der Waals surface area contributed by atoms with Crippen molar-refractivity contribution in [2.24, 2.45) is 0 Å². The number of carbonyl (C=O) groups is 2. The molecule has 0 radical (unpaired) electrons. The number of ether oxygens (including phenoxy) is 2. The van der Waals surface area contributed by atoms with Crippen LogP contribution in [0.25, 0.3) is 0 Å². The number of benzene rings is 2. The van der Waals surface area contributed by atoms with E-state index in [9.17, 15) is 14.0 Å². The number of carbonyl (C=O) groups excluding carboxylic acids is 2. The molecule has 1 aromatic heterocycles. The van der Waals surface area contributed by atoms with Gasteiger partial charge in [0, 0.05) is 24.5 Å². The summed E-state index contributed by atoms with van der Waals surface area (Å²) >= 11 is 0. The van der Waals surface area contributed by atoms with Gasteiger partial charge in [0.2, 0.25) is 6.79 Å². The summed E-state index contributed by atoms with van der Waals surface area (Å²) in [6, 6.07) is 14.1. The van der Waals surface area contributed by atoms with E-state index < -0.39 is 11.7 Å². The lowest BCUT2D eigenvalue weighted by Gasteiger charge is -2.09. The number of hydrogen-bond acceptors (Lipinski definition) is 4. The van der Waals surface area contributed by atoms with E-state index in [4.69, 9.17) is 9.47 Å². The van der Waals surface area contributed by atoms with E-state index in [0.29, 0.717) is 23.7 Å². The van der Waals surface area contributed by atoms with Crippen molar-refractivity contribution in [3.8, 4) is 11.5 Å². The van der Waals surface area contributed by atoms with Gasteiger partial charge >= 0.3 is 0 Å². The van der Waals surface area contributed by atoms with Crippen molar-refractivity contribution in [3.05, 3.63) is 77.9 Å². The van der Waals surface area contributed by atoms with Crippen molar-refractivity contribution in [3.63, 3.8) is 0 Å². The van der Waals surface area contributed by atoms with E-state index in [1.807, 2.05) is 0 Å². The summed E-state index contributed by atoms with van der Waals surface area (Å²) in [6.45, 7) is 0.480. The Labute approximate surface area is 154 Å². The molecule has 0 bridgehead atoms. The molecule has 1 N–H and O–H groups in total. The minimum Gasteiger partial charge on any atom is -0.454 e. The standard InChI is InChI=1S/C20H15FN2O4/c21-14-5-3-13(4-6-14)11-23-9-1-2-16(23)19(24)20(25)22-15-7-8-17-18(10-15)27-12-26-17/h1-10H,11-12H2,(H,22,25). The Kier molecular flexibility index (Phi) is 4.33. The molecule has 6 nitrogen and oxygen atoms in total. The highest BCUT2D eigenvalue weighted by Crippen LogP contribution is 2.34. The van der Waals surface area contributed by atoms with E-state index in [1.165, 1.54) is 12.1 Å². The quantitative estimate of drug-likeness (QED) is 0.556. The van der Waals surface area contributed by atoms with Crippen molar-refractivity contribution in [1.29, 1.82) is 0 Å². The Morgan fingerprint density at radius 3 is 2.63 bits per heavy atom. The predicted octanol–water partition coefficient (Wildman–Crippen LogP) is 3.23. The number of fused-ring (bicyclic) bond motifs is 1. The molecule has 0 spiro atoms. The third-order valence-corrected chi connectivity index (χ3v) is 4.17. The maximum absolute atomic E-state index is 13.0. The lowest BCUT2D eigenvalue weighted by Crippen LogP contribution is -2.25. The molecule has 136 valence electrons. The number of amides is 1. The van der Waals surface area contributed by atoms with Crippen LogP contribution < -0.4 is 14.8 Å². The first-order valence-electron chi connectivity index (χ1n) is 8.25. The second-order valence-electron chi connectivity index (χ2n) is 6.00. The van der Waals surface area contributed by atoms with Gasteiger partial charge in [-0.25, -0.2) is 4.39 Å². The summed E-state index contributed by atoms with van der Waals surface area (Å²) in [5.74, 6) is -0.647. The van der Waals surface area contributed by atoms with Crippen LogP contribution >= 0.6 is 0 Å². The summed E-state index contributed by atoms with van der Waals surface area (Å²) in [6.07, 6.45) is 1.70. The maximum Gasteiger partial charge on any atom is 0.298 e. The topological polar surface area (TPSA) is 69.6 Å². The summed E-state index contributed by atoms with van der Waals surface area (Å²) in [5, 5.41) is 2.57. The van der Waals surface area contributed by atoms with Crippen LogP contribution in [0.5, 0.6) is 11.5 Å². The molecule has 2 aromatic carbocycles. The van der Waals surface area contributed by atoms with Crippen LogP contribution in [0.2, 0.25) is 0 Å². The number of nitrogens with one attached hydrogen (secondary N) is 1. The second kappa shape index (κ2) is 6.95. The molecule has 7 heteroatoms. The Morgan fingerprint density at radius 2 is 1.81 bits per heavy atom. The fourth-order valence-electron chi connectivity index (χ4n) is 2.82. The molecule has 0 saturated heterocycles. The number of anilines is 1. The van der Waals surface area contributed by atoms with Crippen LogP contribution in [0.15, 0.2) is 60.8 Å². The van der Waals surface area contributed by atoms with Crippen molar-refractivity contribution in [1.82, 2.24) is 4.57 Å². The highest BCUT2D eigenvalue weighted by Gasteiger charge is 2.21. The molecular formula is C20H15FN2O4. The van der Waals surface area contributed by atoms with Gasteiger partial charge in [0.1, 0.15) is 5.82 Å². The molecule has 0 aliphatic carbocycles. The van der Waals surface area contributed by atoms with Crippen molar-refractivity contribution in [2.45, 2.75) is 6.54 Å². The third kappa shape index (κ3) is 3.52. The van der Waals surface area contributed by atoms with E-state index in [-0.39, 0.29) is 18.3 Å². The minimum absolute atomic E-state index is 0.128. The maximum atomic E-state index is 13.0. The molecule has 3 aromatic rings. The van der Waals surface area contributed by atoms with Gasteiger partial charge in [-0.2, -0.15) is 0 Å². The second-order valence-corrected chi connectivity index (χ2v) is 6.00. The number of nitrogens with zero attached hydrogens (tertiary/aromatic N) is 1. The van der Waals surface area contributed by atoms with Crippen LogP contribution in [0.3, 0.4) is 0 Å². The van der Waals surface area contributed by atoms with E-state index in [1.54, 1.807) is 53.2 Å². The zero-order valence-corrected chi connectivity index (χ0v) is 14.1. The predicted molar refractivity (Wildman–Crippen MR) is 95.5 cm³/mol. The first-order valence-corrected chi connectivity index (χ1v) is 8.25. The zero-order valence-electron chi connectivity index (χ0n) is 14.1. The van der Waals surface area contributed by atoms with Crippen LogP contribution in [-0.4, -0.2) is 23.1 Å². The number of aromatic nitrogens is 1. The van der Waals surface area contributed by atoms with Gasteiger partial charge in [-0.1, -0.05) is 12.1 Å². The smallest absolute Gasteiger partial charge is 0.298 e. The molecule has 0 saturated carbocycles. The summed E-state index contributed by atoms with van der Waals surface area (Å²) < 4.78 is 25.2. The van der Waals surface area contributed by atoms with Crippen LogP contribution in [0.4, 0.5) is 10.1 Å². The average Bonchev–Trinajstić information content (AvgIpc) is 3.31. The van der Waals surface area contributed by atoms with E-state index in [2.05, 4.69) is 5.32 Å². The van der Waals surface area contributed by atoms with Gasteiger partial charge in [0.25, 0.3) is 11.7 Å². The summed E-state index contributed by atoms with van der Waals surface area (Å²) in [7, 11) is 0. The molecular weight excluding hydrogens is 351 g/mol. The normalized spacial score (nSPS) is 12.0. The fraction of sp³-hybridized carbons (Fsp3) is 0.100. The van der Waals surface area contributed by atoms with Crippen molar-refractivity contribution >= 4 is 17.4 Å². The number of halogens is 1. The lowest BCUT2D eigenvalue weighted by atomic mass is 10.2. The molecule has 0 unspecified atom stereocenters. The van der Waals surface area contributed by atoms with Gasteiger partial charge in [-0.15, -0.1) is 0 Å². The Morgan fingerprint density at radius 1 is 1.04 bits per heavy atom. The Balaban J connectivity index is 1.48. The third-order valence-electron chi connectivity index (χ3n) is 4.17. The monoisotopic (exact) mass is 366 g/mol. The molecule has 2 heterocycles. The molecule has 1 aliphatic heterocycles. The first kappa shape index (κ1) is 16.8. The molecule has 0 atom stereocenters. The number of ketones is 1. The molecule has 1 aliphatic rings. The highest BCUT2D eigenvalue weighted by atomic mass is 19.1. The molecule has 1 amide bonds. The average molecular weight is 366 g/mol. The van der Waals surface area contributed by atoms with Gasteiger partial charge < -0.3 is 19.4 Å². The van der Waals surface area contributed by atoms with Crippen LogP contribution in [0.1, 0.15) is 16.1 Å². The fourth-order valence-corrected chi connectivity index (χ4v) is 2.82. The van der Waals surface area contributed by atoms with Gasteiger partial charge in [-0.05, 0) is 42.0 Å². The Bertz CT molecular complexity index is 1010. The molecule has 27 heavy (non-hydrogen) atoms. The zero-order chi connectivity index (χ0) is 18.8. The van der Waals surface area contributed by atoms with Gasteiger partial charge in [0.05, 0.1) is 5.69 Å². The first-order chi connectivity index (χ1) is 13.1. The number of rotatable bonds is 5. The summed E-state index contributed by atoms with van der Waals surface area (Å²) in [5.41, 5.74) is 1.50. The van der Waals surface area contributed by atoms with Crippen molar-refractivity contribution < 1.29 is 23.5 Å². The van der Waals surface area contributed by atoms with Gasteiger partial charge in [-0.3, -0.25) is 9.59 Å². The summed E-state index contributed by atoms with van der Waals surface area (Å²) in [4.78, 5) is 24.9. The highest BCUT2D eigenvalue weighted by molar-refractivity contribution is 6.46. The van der Waals surface area contributed by atoms with E-state index in [0.717, 1.165) is 5.56 Å². The molecule has 4 rings (SSSR count). The Hall–Kier alpha value is -3.61. The number of hydrogen-bond donors (Lipinski definition) is 1. The van der Waals surface area contributed by atoms with E-state index >= 15 is 0 Å². The largest absolute Gasteiger partial charge is 0.454 e. The van der Waals surface area contributed by atoms with Crippen molar-refractivity contribution in [2.75, 3.05) is 12.1 Å². The van der Waals surface area contributed by atoms with Crippen LogP contribution in [0, 0.1) is 5.82 Å². The van der Waals surface area contributed by atoms with Gasteiger partial charge in [0.15, 0.2) is 11.5 Å². The molecule has 0 fully saturated rings. The SMILES string of the molecule is O=C(Nc1ccc2c(c1)OCO2)C(=O)c1cccn1Cc1ccc(F)cc1. The number of Topliss-reactive ketones (excluding diaryl/α,β-unsaturated/α-hetero) is 1. The van der Waals surface area contributed by atoms with Crippen LogP contribution in [-0.2, 0) is 11.3 Å².